The third-order valence-corrected chi connectivity index (χ3v) is 3.23. The molecule has 0 aromatic heterocycles. The van der Waals surface area contributed by atoms with Gasteiger partial charge in [-0.3, -0.25) is 0 Å². The fourth-order valence-corrected chi connectivity index (χ4v) is 2.42. The Morgan fingerprint density at radius 3 is 2.45 bits per heavy atom. The summed E-state index contributed by atoms with van der Waals surface area (Å²) in [5.74, 6) is 0. The van der Waals surface area contributed by atoms with Gasteiger partial charge in [-0.1, -0.05) is 42.3 Å². The van der Waals surface area contributed by atoms with E-state index in [1.54, 1.807) is 24.2 Å². The van der Waals surface area contributed by atoms with Crippen LogP contribution in [0.25, 0.3) is 5.57 Å². The zero-order valence-electron chi connectivity index (χ0n) is 12.5. The first kappa shape index (κ1) is 21.9. The van der Waals surface area contributed by atoms with Gasteiger partial charge in [0, 0.05) is 6.10 Å². The molecule has 0 saturated carbocycles. The second-order valence-electron chi connectivity index (χ2n) is 4.93. The van der Waals surface area contributed by atoms with Gasteiger partial charge >= 0.3 is 41.3 Å². The summed E-state index contributed by atoms with van der Waals surface area (Å²) in [7, 11) is 3.12. The van der Waals surface area contributed by atoms with Crippen molar-refractivity contribution >= 4 is 19.3 Å². The summed E-state index contributed by atoms with van der Waals surface area (Å²) >= 11 is 1.55. The molecule has 113 valence electrons. The van der Waals surface area contributed by atoms with Crippen LogP contribution in [0.2, 0.25) is 0 Å². The SMILES string of the molecule is C[C](C)=[Zr+2].[Cl-].[Cl-].[Si]OC1[C-]=C(C2=CC=CC2)c2ccccc21. The topological polar surface area (TPSA) is 9.23 Å². The average molecular weight is 427 g/mol. The summed E-state index contributed by atoms with van der Waals surface area (Å²) in [4.78, 5) is 0. The van der Waals surface area contributed by atoms with Crippen molar-refractivity contribution in [2.75, 3.05) is 0 Å². The maximum absolute atomic E-state index is 5.25. The number of rotatable bonds is 2. The summed E-state index contributed by atoms with van der Waals surface area (Å²) in [5, 5.41) is 0. The number of halogens is 2. The van der Waals surface area contributed by atoms with E-state index in [-0.39, 0.29) is 30.9 Å². The molecule has 0 N–H and O–H groups in total. The molecule has 0 bridgehead atoms. The van der Waals surface area contributed by atoms with Crippen molar-refractivity contribution in [3.8, 4) is 0 Å². The van der Waals surface area contributed by atoms with E-state index in [4.69, 9.17) is 4.43 Å². The molecule has 0 amide bonds. The zero-order chi connectivity index (χ0) is 14.5. The van der Waals surface area contributed by atoms with Gasteiger partial charge < -0.3 is 29.2 Å². The Kier molecular flexibility index (Phi) is 10.6. The van der Waals surface area contributed by atoms with E-state index in [9.17, 15) is 0 Å². The molecule has 1 atom stereocenters. The van der Waals surface area contributed by atoms with E-state index in [1.165, 1.54) is 25.5 Å². The van der Waals surface area contributed by atoms with Gasteiger partial charge in [-0.2, -0.15) is 11.6 Å². The van der Waals surface area contributed by atoms with Gasteiger partial charge in [-0.15, -0.1) is 23.3 Å². The minimum atomic E-state index is -0.0932. The molecular formula is C17H16Cl2OSiZr-. The third-order valence-electron chi connectivity index (χ3n) is 3.00. The van der Waals surface area contributed by atoms with Crippen molar-refractivity contribution in [2.24, 2.45) is 0 Å². The van der Waals surface area contributed by atoms with Gasteiger partial charge in [0.1, 0.15) is 0 Å². The quantitative estimate of drug-likeness (QED) is 0.381. The molecule has 0 aliphatic heterocycles. The van der Waals surface area contributed by atoms with Crippen LogP contribution in [-0.2, 0) is 28.7 Å². The minimum absolute atomic E-state index is 0. The van der Waals surface area contributed by atoms with Crippen LogP contribution in [0.1, 0.15) is 37.5 Å². The van der Waals surface area contributed by atoms with E-state index in [0.29, 0.717) is 0 Å². The number of allylic oxidation sites excluding steroid dienone is 5. The molecule has 0 saturated heterocycles. The Bertz CT molecular complexity index is 604. The van der Waals surface area contributed by atoms with Gasteiger partial charge in [0.15, 0.2) is 0 Å². The van der Waals surface area contributed by atoms with Crippen LogP contribution >= 0.6 is 0 Å². The summed E-state index contributed by atoms with van der Waals surface area (Å²) < 4.78 is 6.76. The monoisotopic (exact) mass is 424 g/mol. The van der Waals surface area contributed by atoms with Crippen molar-refractivity contribution in [1.29, 1.82) is 0 Å². The van der Waals surface area contributed by atoms with Gasteiger partial charge in [0.25, 0.3) is 0 Å². The van der Waals surface area contributed by atoms with E-state index in [1.807, 2.05) is 6.07 Å². The fourth-order valence-electron chi connectivity index (χ4n) is 2.23. The number of hydrogen-bond acceptors (Lipinski definition) is 1. The normalized spacial score (nSPS) is 17.2. The van der Waals surface area contributed by atoms with E-state index in [0.717, 1.165) is 6.42 Å². The molecule has 0 spiro atoms. The molecule has 2 aliphatic carbocycles. The summed E-state index contributed by atoms with van der Waals surface area (Å²) in [6, 6.07) is 8.30. The van der Waals surface area contributed by atoms with E-state index < -0.39 is 0 Å². The predicted molar refractivity (Wildman–Crippen MR) is 80.9 cm³/mol. The molecule has 1 unspecified atom stereocenters. The Morgan fingerprint density at radius 1 is 1.27 bits per heavy atom. The maximum atomic E-state index is 5.25. The van der Waals surface area contributed by atoms with Gasteiger partial charge in [-0.05, 0) is 0 Å². The Labute approximate surface area is 163 Å². The van der Waals surface area contributed by atoms with E-state index >= 15 is 0 Å². The molecule has 1 nitrogen and oxygen atoms in total. The summed E-state index contributed by atoms with van der Waals surface area (Å²) in [5.41, 5.74) is 4.92. The van der Waals surface area contributed by atoms with Gasteiger partial charge in [0.05, 0.1) is 0 Å². The van der Waals surface area contributed by atoms with Crippen molar-refractivity contribution in [1.82, 2.24) is 0 Å². The Balaban J connectivity index is 0.000000665. The van der Waals surface area contributed by atoms with Crippen LogP contribution in [0, 0.1) is 6.08 Å². The Hall–Kier alpha value is -0.0500. The first-order valence-corrected chi connectivity index (χ1v) is 8.20. The van der Waals surface area contributed by atoms with Crippen LogP contribution in [-0.4, -0.2) is 13.7 Å². The van der Waals surface area contributed by atoms with Crippen LogP contribution < -0.4 is 24.8 Å². The molecule has 1 aromatic rings. The van der Waals surface area contributed by atoms with Crippen LogP contribution in [0.4, 0.5) is 0 Å². The first-order chi connectivity index (χ1) is 9.63. The van der Waals surface area contributed by atoms with Crippen LogP contribution in [0.15, 0.2) is 48.1 Å². The molecule has 2 aliphatic rings. The van der Waals surface area contributed by atoms with Crippen molar-refractivity contribution in [3.63, 3.8) is 0 Å². The molecule has 3 radical (unpaired) electrons. The fraction of sp³-hybridized carbons (Fsp3) is 0.235. The summed E-state index contributed by atoms with van der Waals surface area (Å²) in [6.45, 7) is 4.25. The van der Waals surface area contributed by atoms with Gasteiger partial charge in [-0.25, -0.2) is 0 Å². The molecule has 0 heterocycles. The molecule has 22 heavy (non-hydrogen) atoms. The van der Waals surface area contributed by atoms with Crippen molar-refractivity contribution < 1.29 is 53.5 Å². The van der Waals surface area contributed by atoms with Crippen molar-refractivity contribution in [3.05, 3.63) is 65.3 Å². The molecule has 1 aromatic carbocycles. The van der Waals surface area contributed by atoms with Crippen LogP contribution in [0.5, 0.6) is 0 Å². The largest absolute Gasteiger partial charge is 1.00 e. The molecule has 3 rings (SSSR count). The maximum Gasteiger partial charge on any atom is 0.245 e. The molecular weight excluding hydrogens is 410 g/mol. The van der Waals surface area contributed by atoms with Crippen molar-refractivity contribution in [2.45, 2.75) is 26.4 Å². The number of hydrogen-bond donors (Lipinski definition) is 0. The molecule has 0 fully saturated rings. The predicted octanol–water partition coefficient (Wildman–Crippen LogP) is -2.33. The smallest absolute Gasteiger partial charge is 0.245 e. The minimum Gasteiger partial charge on any atom is -1.00 e. The second-order valence-corrected chi connectivity index (χ2v) is 7.62. The summed E-state index contributed by atoms with van der Waals surface area (Å²) in [6.07, 6.45) is 10.7. The average Bonchev–Trinajstić information content (AvgIpc) is 3.05. The Morgan fingerprint density at radius 2 is 1.91 bits per heavy atom. The molecule has 5 heteroatoms. The van der Waals surface area contributed by atoms with Crippen LogP contribution in [0.3, 0.4) is 0 Å². The number of fused-ring (bicyclic) bond motifs is 1. The first-order valence-electron chi connectivity index (χ1n) is 6.56. The standard InChI is InChI=1S/C14H10OSi.C3H6.2ClH.Zr/c16-15-14-9-13(10-5-1-2-6-10)11-7-3-4-8-12(11)14;1-3-2;;;/h1-5,7-8,14H,6H2;1-2H3;2*1H;/q-1;;;;+2/p-2. The number of benzene rings is 1. The van der Waals surface area contributed by atoms with Gasteiger partial charge in [0.2, 0.25) is 10.5 Å². The zero-order valence-corrected chi connectivity index (χ0v) is 17.5. The second kappa shape index (κ2) is 10.7. The van der Waals surface area contributed by atoms with E-state index in [2.05, 4.69) is 66.8 Å². The third kappa shape index (κ3) is 5.54.